The maximum Gasteiger partial charge on any atom is 0.245 e. The Morgan fingerprint density at radius 2 is 1.91 bits per heavy atom. The van der Waals surface area contributed by atoms with Crippen molar-refractivity contribution in [2.45, 2.75) is 70.4 Å². The lowest BCUT2D eigenvalue weighted by atomic mass is 9.83. The summed E-state index contributed by atoms with van der Waals surface area (Å²) in [7, 11) is 1.68. The Bertz CT molecular complexity index is 380. The van der Waals surface area contributed by atoms with E-state index in [0.29, 0.717) is 18.9 Å². The van der Waals surface area contributed by atoms with Crippen LogP contribution in [0.25, 0.3) is 0 Å². The van der Waals surface area contributed by atoms with Gasteiger partial charge in [0.25, 0.3) is 0 Å². The fraction of sp³-hybridized carbons (Fsp3) is 0.882. The molecule has 0 spiro atoms. The van der Waals surface area contributed by atoms with E-state index in [0.717, 1.165) is 45.1 Å². The number of carbonyl (C=O) groups is 2. The van der Waals surface area contributed by atoms with Gasteiger partial charge in [-0.1, -0.05) is 26.2 Å². The number of methoxy groups -OCH3 is 1. The summed E-state index contributed by atoms with van der Waals surface area (Å²) in [6.45, 7) is 3.21. The number of hydrogen-bond donors (Lipinski definition) is 1. The van der Waals surface area contributed by atoms with Crippen molar-refractivity contribution in [1.82, 2.24) is 10.2 Å². The molecule has 2 aliphatic rings. The van der Waals surface area contributed by atoms with E-state index in [9.17, 15) is 9.59 Å². The minimum atomic E-state index is -0.342. The van der Waals surface area contributed by atoms with Gasteiger partial charge in [-0.05, 0) is 31.6 Å². The van der Waals surface area contributed by atoms with Crippen molar-refractivity contribution in [3.05, 3.63) is 0 Å². The zero-order valence-corrected chi connectivity index (χ0v) is 14.0. The zero-order valence-electron chi connectivity index (χ0n) is 14.0. The molecule has 1 aliphatic heterocycles. The summed E-state index contributed by atoms with van der Waals surface area (Å²) in [6.07, 6.45) is 8.12. The number of likely N-dealkylation sites (tertiary alicyclic amines) is 1. The molecule has 5 nitrogen and oxygen atoms in total. The third-order valence-electron chi connectivity index (χ3n) is 5.04. The number of amides is 2. The van der Waals surface area contributed by atoms with E-state index in [1.807, 2.05) is 11.8 Å². The van der Waals surface area contributed by atoms with Crippen molar-refractivity contribution in [3.63, 3.8) is 0 Å². The van der Waals surface area contributed by atoms with Crippen molar-refractivity contribution in [3.8, 4) is 0 Å². The van der Waals surface area contributed by atoms with Crippen LogP contribution in [-0.2, 0) is 14.3 Å². The zero-order chi connectivity index (χ0) is 15.9. The van der Waals surface area contributed by atoms with Crippen molar-refractivity contribution >= 4 is 11.8 Å². The molecule has 1 saturated heterocycles. The Morgan fingerprint density at radius 1 is 1.18 bits per heavy atom. The number of rotatable bonds is 6. The highest BCUT2D eigenvalue weighted by molar-refractivity contribution is 5.88. The van der Waals surface area contributed by atoms with Crippen molar-refractivity contribution in [2.24, 2.45) is 5.92 Å². The lowest BCUT2D eigenvalue weighted by Crippen LogP contribution is -2.54. The molecule has 2 rings (SSSR count). The van der Waals surface area contributed by atoms with Crippen LogP contribution < -0.4 is 5.32 Å². The van der Waals surface area contributed by atoms with Gasteiger partial charge in [-0.15, -0.1) is 0 Å². The molecule has 2 amide bonds. The molecule has 1 saturated carbocycles. The van der Waals surface area contributed by atoms with E-state index in [2.05, 4.69) is 5.32 Å². The average molecular weight is 310 g/mol. The molecule has 0 bridgehead atoms. The van der Waals surface area contributed by atoms with E-state index < -0.39 is 0 Å². The molecule has 22 heavy (non-hydrogen) atoms. The van der Waals surface area contributed by atoms with Crippen LogP contribution in [-0.4, -0.2) is 49.1 Å². The minimum Gasteiger partial charge on any atom is -0.383 e. The highest BCUT2D eigenvalue weighted by atomic mass is 16.5. The average Bonchev–Trinajstić information content (AvgIpc) is 3.01. The normalized spacial score (nSPS) is 24.3. The fourth-order valence-corrected chi connectivity index (χ4v) is 3.79. The van der Waals surface area contributed by atoms with Gasteiger partial charge >= 0.3 is 0 Å². The standard InChI is InChI=1S/C17H30N2O3/c1-3-15(20)18-16(13-8-5-4-6-9-13)17(21)19-11-7-10-14(19)12-22-2/h13-14,16H,3-12H2,1-2H3,(H,18,20)/t14-,16?/m0/s1. The lowest BCUT2D eigenvalue weighted by molar-refractivity contribution is -0.139. The van der Waals surface area contributed by atoms with Crippen LogP contribution in [0.1, 0.15) is 58.3 Å². The van der Waals surface area contributed by atoms with E-state index in [1.54, 1.807) is 7.11 Å². The van der Waals surface area contributed by atoms with Gasteiger partial charge in [0.2, 0.25) is 11.8 Å². The Balaban J connectivity index is 2.08. The quantitative estimate of drug-likeness (QED) is 0.817. The fourth-order valence-electron chi connectivity index (χ4n) is 3.79. The highest BCUT2D eigenvalue weighted by Crippen LogP contribution is 2.29. The SMILES string of the molecule is CCC(=O)NC(C(=O)N1CCC[C@H]1COC)C1CCCCC1. The van der Waals surface area contributed by atoms with Gasteiger partial charge in [-0.2, -0.15) is 0 Å². The molecule has 0 aromatic carbocycles. The maximum atomic E-state index is 13.0. The number of carbonyl (C=O) groups excluding carboxylic acids is 2. The third-order valence-corrected chi connectivity index (χ3v) is 5.04. The van der Waals surface area contributed by atoms with Crippen LogP contribution in [0.15, 0.2) is 0 Å². The van der Waals surface area contributed by atoms with Crippen LogP contribution in [0.4, 0.5) is 0 Å². The van der Waals surface area contributed by atoms with E-state index in [-0.39, 0.29) is 23.9 Å². The van der Waals surface area contributed by atoms with Crippen LogP contribution in [0.3, 0.4) is 0 Å². The number of ether oxygens (including phenoxy) is 1. The van der Waals surface area contributed by atoms with Crippen LogP contribution in [0.2, 0.25) is 0 Å². The maximum absolute atomic E-state index is 13.0. The molecule has 2 atom stereocenters. The minimum absolute atomic E-state index is 0.0218. The largest absolute Gasteiger partial charge is 0.383 e. The summed E-state index contributed by atoms with van der Waals surface area (Å²) in [5.74, 6) is 0.375. The van der Waals surface area contributed by atoms with Crippen molar-refractivity contribution in [2.75, 3.05) is 20.3 Å². The first kappa shape index (κ1) is 17.3. The Morgan fingerprint density at radius 3 is 2.55 bits per heavy atom. The monoisotopic (exact) mass is 310 g/mol. The number of hydrogen-bond acceptors (Lipinski definition) is 3. The first-order valence-corrected chi connectivity index (χ1v) is 8.76. The van der Waals surface area contributed by atoms with Gasteiger partial charge in [0, 0.05) is 20.1 Å². The van der Waals surface area contributed by atoms with Gasteiger partial charge in [-0.3, -0.25) is 9.59 Å². The predicted molar refractivity (Wildman–Crippen MR) is 85.4 cm³/mol. The summed E-state index contributed by atoms with van der Waals surface area (Å²) >= 11 is 0. The molecule has 0 radical (unpaired) electrons. The van der Waals surface area contributed by atoms with Gasteiger partial charge in [0.1, 0.15) is 6.04 Å². The van der Waals surface area contributed by atoms with Crippen molar-refractivity contribution in [1.29, 1.82) is 0 Å². The Labute approximate surface area is 133 Å². The number of nitrogens with zero attached hydrogens (tertiary/aromatic N) is 1. The molecular formula is C17H30N2O3. The lowest BCUT2D eigenvalue weighted by Gasteiger charge is -2.34. The Hall–Kier alpha value is -1.10. The van der Waals surface area contributed by atoms with E-state index in [1.165, 1.54) is 6.42 Å². The molecule has 1 unspecified atom stereocenters. The summed E-state index contributed by atoms with van der Waals surface area (Å²) in [6, 6.07) is -0.174. The highest BCUT2D eigenvalue weighted by Gasteiger charge is 2.37. The first-order valence-electron chi connectivity index (χ1n) is 8.76. The Kier molecular flexibility index (Phi) is 6.68. The van der Waals surface area contributed by atoms with Crippen LogP contribution in [0.5, 0.6) is 0 Å². The van der Waals surface area contributed by atoms with Gasteiger partial charge in [0.05, 0.1) is 12.6 Å². The second kappa shape index (κ2) is 8.51. The smallest absolute Gasteiger partial charge is 0.245 e. The predicted octanol–water partition coefficient (Wildman–Crippen LogP) is 2.10. The summed E-state index contributed by atoms with van der Waals surface area (Å²) in [4.78, 5) is 26.9. The second-order valence-electron chi connectivity index (χ2n) is 6.58. The van der Waals surface area contributed by atoms with Gasteiger partial charge < -0.3 is 15.0 Å². The molecule has 0 aromatic rings. The molecule has 5 heteroatoms. The van der Waals surface area contributed by atoms with Gasteiger partial charge in [0.15, 0.2) is 0 Å². The van der Waals surface area contributed by atoms with E-state index >= 15 is 0 Å². The molecule has 2 fully saturated rings. The molecule has 0 aromatic heterocycles. The summed E-state index contributed by atoms with van der Waals surface area (Å²) < 4.78 is 5.25. The molecule has 1 aliphatic carbocycles. The molecular weight excluding hydrogens is 280 g/mol. The topological polar surface area (TPSA) is 58.6 Å². The molecule has 1 N–H and O–H groups in total. The van der Waals surface area contributed by atoms with Crippen LogP contribution in [0, 0.1) is 5.92 Å². The van der Waals surface area contributed by atoms with E-state index in [4.69, 9.17) is 4.74 Å². The summed E-state index contributed by atoms with van der Waals surface area (Å²) in [5.41, 5.74) is 0. The van der Waals surface area contributed by atoms with Gasteiger partial charge in [-0.25, -0.2) is 0 Å². The molecule has 126 valence electrons. The second-order valence-corrected chi connectivity index (χ2v) is 6.58. The van der Waals surface area contributed by atoms with Crippen molar-refractivity contribution < 1.29 is 14.3 Å². The first-order chi connectivity index (χ1) is 10.7. The summed E-state index contributed by atoms with van der Waals surface area (Å²) in [5, 5.41) is 3.00. The third kappa shape index (κ3) is 4.22. The number of nitrogens with one attached hydrogen (secondary N) is 1. The van der Waals surface area contributed by atoms with Crippen LogP contribution >= 0.6 is 0 Å². The molecule has 1 heterocycles.